The summed E-state index contributed by atoms with van der Waals surface area (Å²) >= 11 is 0. The lowest BCUT2D eigenvalue weighted by molar-refractivity contribution is -0.0610. The predicted molar refractivity (Wildman–Crippen MR) is 43.8 cm³/mol. The Balaban J connectivity index is 2.08. The number of hydrogen-bond donors (Lipinski definition) is 0. The molecule has 0 heterocycles. The summed E-state index contributed by atoms with van der Waals surface area (Å²) in [5.41, 5.74) is 0.776. The van der Waals surface area contributed by atoms with Crippen molar-refractivity contribution in [3.05, 3.63) is 0 Å². The Morgan fingerprint density at radius 1 is 1.30 bits per heavy atom. The predicted octanol–water partition coefficient (Wildman–Crippen LogP) is 3.22. The molecule has 10 heavy (non-hydrogen) atoms. The summed E-state index contributed by atoms with van der Waals surface area (Å²) in [6, 6.07) is 0. The van der Waals surface area contributed by atoms with Crippen molar-refractivity contribution in [1.82, 2.24) is 0 Å². The van der Waals surface area contributed by atoms with Gasteiger partial charge in [0, 0.05) is 0 Å². The second-order valence-electron chi connectivity index (χ2n) is 4.59. The van der Waals surface area contributed by atoms with Crippen LogP contribution >= 0.6 is 0 Å². The lowest BCUT2D eigenvalue weighted by Gasteiger charge is -2.56. The van der Waals surface area contributed by atoms with Gasteiger partial charge in [-0.1, -0.05) is 26.7 Å². The van der Waals surface area contributed by atoms with E-state index in [0.29, 0.717) is 0 Å². The average molecular weight is 138 g/mol. The first-order valence-electron chi connectivity index (χ1n) is 4.73. The maximum atomic E-state index is 2.50. The molecule has 58 valence electrons. The molecule has 3 unspecified atom stereocenters. The van der Waals surface area contributed by atoms with Gasteiger partial charge in [0.2, 0.25) is 0 Å². The van der Waals surface area contributed by atoms with Gasteiger partial charge in [0.15, 0.2) is 0 Å². The quantitative estimate of drug-likeness (QED) is 0.482. The van der Waals surface area contributed by atoms with E-state index in [1.807, 2.05) is 0 Å². The van der Waals surface area contributed by atoms with Crippen molar-refractivity contribution in [3.8, 4) is 0 Å². The van der Waals surface area contributed by atoms with Crippen LogP contribution in [0.2, 0.25) is 0 Å². The largest absolute Gasteiger partial charge is 0.0620 e. The second kappa shape index (κ2) is 1.99. The molecule has 0 bridgehead atoms. The van der Waals surface area contributed by atoms with Crippen LogP contribution < -0.4 is 0 Å². The molecule has 2 saturated carbocycles. The SMILES string of the molecule is CC1CC2CCCCC12C. The molecule has 0 aromatic carbocycles. The summed E-state index contributed by atoms with van der Waals surface area (Å²) in [7, 11) is 0. The van der Waals surface area contributed by atoms with Crippen molar-refractivity contribution in [3.63, 3.8) is 0 Å². The van der Waals surface area contributed by atoms with E-state index in [-0.39, 0.29) is 0 Å². The molecule has 3 atom stereocenters. The number of fused-ring (bicyclic) bond motifs is 1. The third kappa shape index (κ3) is 0.681. The van der Waals surface area contributed by atoms with Gasteiger partial charge in [-0.3, -0.25) is 0 Å². The Bertz CT molecular complexity index is 137. The molecule has 2 aliphatic carbocycles. The van der Waals surface area contributed by atoms with Gasteiger partial charge in [0.1, 0.15) is 0 Å². The minimum Gasteiger partial charge on any atom is -0.0620 e. The molecule has 2 rings (SSSR count). The molecule has 0 heteroatoms. The van der Waals surface area contributed by atoms with E-state index in [1.165, 1.54) is 32.1 Å². The Morgan fingerprint density at radius 2 is 2.10 bits per heavy atom. The normalized spacial score (nSPS) is 53.4. The molecular weight excluding hydrogens is 120 g/mol. The van der Waals surface area contributed by atoms with E-state index in [9.17, 15) is 0 Å². The second-order valence-corrected chi connectivity index (χ2v) is 4.59. The van der Waals surface area contributed by atoms with Crippen LogP contribution in [0.4, 0.5) is 0 Å². The summed E-state index contributed by atoms with van der Waals surface area (Å²) in [4.78, 5) is 0. The van der Waals surface area contributed by atoms with Gasteiger partial charge in [0.25, 0.3) is 0 Å². The highest BCUT2D eigenvalue weighted by Gasteiger charge is 2.49. The van der Waals surface area contributed by atoms with Crippen LogP contribution in [-0.2, 0) is 0 Å². The summed E-state index contributed by atoms with van der Waals surface area (Å²) in [6.07, 6.45) is 7.57. The molecule has 0 nitrogen and oxygen atoms in total. The van der Waals surface area contributed by atoms with Crippen molar-refractivity contribution in [2.45, 2.75) is 46.0 Å². The molecule has 0 aromatic rings. The Labute approximate surface area is 64.0 Å². The van der Waals surface area contributed by atoms with Crippen LogP contribution in [0.5, 0.6) is 0 Å². The average Bonchev–Trinajstić information content (AvgIpc) is 1.93. The summed E-state index contributed by atoms with van der Waals surface area (Å²) in [5.74, 6) is 2.13. The van der Waals surface area contributed by atoms with Crippen molar-refractivity contribution >= 4 is 0 Å². The van der Waals surface area contributed by atoms with Crippen molar-refractivity contribution in [1.29, 1.82) is 0 Å². The molecule has 0 saturated heterocycles. The standard InChI is InChI=1S/C10H18/c1-8-7-9-5-3-4-6-10(8,9)2/h8-9H,3-7H2,1-2H3. The van der Waals surface area contributed by atoms with Gasteiger partial charge >= 0.3 is 0 Å². The highest BCUT2D eigenvalue weighted by atomic mass is 14.5. The molecule has 0 aliphatic heterocycles. The van der Waals surface area contributed by atoms with Crippen LogP contribution in [0.1, 0.15) is 46.0 Å². The first kappa shape index (κ1) is 6.69. The molecule has 0 radical (unpaired) electrons. The first-order chi connectivity index (χ1) is 4.73. The summed E-state index contributed by atoms with van der Waals surface area (Å²) < 4.78 is 0. The van der Waals surface area contributed by atoms with E-state index in [2.05, 4.69) is 13.8 Å². The fourth-order valence-corrected chi connectivity index (χ4v) is 3.00. The maximum Gasteiger partial charge on any atom is -0.0272 e. The minimum atomic E-state index is 0.776. The summed E-state index contributed by atoms with van der Waals surface area (Å²) in [5, 5.41) is 0. The topological polar surface area (TPSA) is 0 Å². The van der Waals surface area contributed by atoms with Gasteiger partial charge in [-0.15, -0.1) is 0 Å². The van der Waals surface area contributed by atoms with Crippen molar-refractivity contribution in [2.75, 3.05) is 0 Å². The zero-order valence-corrected chi connectivity index (χ0v) is 7.19. The van der Waals surface area contributed by atoms with Gasteiger partial charge in [-0.05, 0) is 36.5 Å². The molecule has 0 spiro atoms. The zero-order chi connectivity index (χ0) is 7.19. The molecule has 2 aliphatic rings. The van der Waals surface area contributed by atoms with E-state index in [0.717, 1.165) is 17.3 Å². The molecule has 0 amide bonds. The number of hydrogen-bond acceptors (Lipinski definition) is 0. The third-order valence-electron chi connectivity index (χ3n) is 4.21. The van der Waals surface area contributed by atoms with E-state index in [4.69, 9.17) is 0 Å². The zero-order valence-electron chi connectivity index (χ0n) is 7.19. The fourth-order valence-electron chi connectivity index (χ4n) is 3.00. The van der Waals surface area contributed by atoms with Gasteiger partial charge in [-0.25, -0.2) is 0 Å². The minimum absolute atomic E-state index is 0.776. The van der Waals surface area contributed by atoms with Gasteiger partial charge in [-0.2, -0.15) is 0 Å². The smallest absolute Gasteiger partial charge is 0.0272 e. The molecule has 0 N–H and O–H groups in total. The van der Waals surface area contributed by atoms with E-state index >= 15 is 0 Å². The van der Waals surface area contributed by atoms with Crippen LogP contribution in [0.3, 0.4) is 0 Å². The van der Waals surface area contributed by atoms with E-state index in [1.54, 1.807) is 0 Å². The third-order valence-corrected chi connectivity index (χ3v) is 4.21. The number of rotatable bonds is 0. The fraction of sp³-hybridized carbons (Fsp3) is 1.00. The maximum absolute atomic E-state index is 2.50. The first-order valence-corrected chi connectivity index (χ1v) is 4.73. The highest BCUT2D eigenvalue weighted by molar-refractivity contribution is 4.99. The van der Waals surface area contributed by atoms with Crippen LogP contribution in [0, 0.1) is 17.3 Å². The summed E-state index contributed by atoms with van der Waals surface area (Å²) in [6.45, 7) is 4.94. The van der Waals surface area contributed by atoms with Crippen molar-refractivity contribution in [2.24, 2.45) is 17.3 Å². The Morgan fingerprint density at radius 3 is 2.60 bits per heavy atom. The Hall–Kier alpha value is 0. The lowest BCUT2D eigenvalue weighted by atomic mass is 9.49. The van der Waals surface area contributed by atoms with Crippen LogP contribution in [-0.4, -0.2) is 0 Å². The van der Waals surface area contributed by atoms with Gasteiger partial charge < -0.3 is 0 Å². The Kier molecular flexibility index (Phi) is 1.33. The van der Waals surface area contributed by atoms with Crippen molar-refractivity contribution < 1.29 is 0 Å². The monoisotopic (exact) mass is 138 g/mol. The van der Waals surface area contributed by atoms with Crippen LogP contribution in [0.25, 0.3) is 0 Å². The molecular formula is C10H18. The van der Waals surface area contributed by atoms with E-state index < -0.39 is 0 Å². The lowest BCUT2D eigenvalue weighted by Crippen LogP contribution is -2.47. The molecule has 0 aromatic heterocycles. The molecule has 2 fully saturated rings. The highest BCUT2D eigenvalue weighted by Crippen LogP contribution is 2.58. The van der Waals surface area contributed by atoms with Gasteiger partial charge in [0.05, 0.1) is 0 Å². The van der Waals surface area contributed by atoms with Crippen LogP contribution in [0.15, 0.2) is 0 Å².